The van der Waals surface area contributed by atoms with Gasteiger partial charge >= 0.3 is 5.97 Å². The Bertz CT molecular complexity index is 741. The van der Waals surface area contributed by atoms with Crippen LogP contribution in [0.1, 0.15) is 13.3 Å². The Morgan fingerprint density at radius 2 is 2.17 bits per heavy atom. The molecule has 0 radical (unpaired) electrons. The fourth-order valence-electron chi connectivity index (χ4n) is 4.05. The van der Waals surface area contributed by atoms with E-state index in [-0.39, 0.29) is 46.8 Å². The summed E-state index contributed by atoms with van der Waals surface area (Å²) in [4.78, 5) is 42.6. The quantitative estimate of drug-likeness (QED) is 0.243. The van der Waals surface area contributed by atoms with Crippen molar-refractivity contribution in [1.29, 1.82) is 0 Å². The number of fused-ring (bicyclic) bond motifs is 4. The smallest absolute Gasteiger partial charge is 0.325 e. The van der Waals surface area contributed by atoms with Crippen molar-refractivity contribution in [2.24, 2.45) is 17.5 Å². The maximum Gasteiger partial charge on any atom is 0.325 e. The number of allylic oxidation sites excluding steroid dienone is 2. The molecule has 3 heterocycles. The van der Waals surface area contributed by atoms with Crippen molar-refractivity contribution in [3.63, 3.8) is 0 Å². The molecule has 4 atom stereocenters. The van der Waals surface area contributed by atoms with Gasteiger partial charge in [-0.2, -0.15) is 5.90 Å². The van der Waals surface area contributed by atoms with Gasteiger partial charge in [0, 0.05) is 23.7 Å². The van der Waals surface area contributed by atoms with E-state index in [1.54, 1.807) is 0 Å². The Labute approximate surface area is 130 Å². The summed E-state index contributed by atoms with van der Waals surface area (Å²) in [5.41, 5.74) is 4.46. The Morgan fingerprint density at radius 3 is 2.83 bits per heavy atom. The SMILES string of the molecule is CC1=C(N)C(=O)C2=C(C1=O)N1C[C@@H]3N[C@@H]3[C@]1(O)[C@@H]2CC(=O)ON. The van der Waals surface area contributed by atoms with Crippen LogP contribution in [0, 0.1) is 5.92 Å². The minimum atomic E-state index is -1.53. The van der Waals surface area contributed by atoms with Gasteiger partial charge in [-0.1, -0.05) is 0 Å². The number of nitrogens with zero attached hydrogens (tertiary/aromatic N) is 1. The summed E-state index contributed by atoms with van der Waals surface area (Å²) in [5, 5.41) is 14.3. The van der Waals surface area contributed by atoms with Gasteiger partial charge in [0.05, 0.1) is 29.8 Å². The largest absolute Gasteiger partial charge is 0.395 e. The molecular weight excluding hydrogens is 304 g/mol. The van der Waals surface area contributed by atoms with Crippen LogP contribution in [0.3, 0.4) is 0 Å². The molecule has 0 aromatic carbocycles. The number of hydrogen-bond donors (Lipinski definition) is 4. The molecule has 0 unspecified atom stereocenters. The third kappa shape index (κ3) is 1.54. The van der Waals surface area contributed by atoms with Gasteiger partial charge in [-0.15, -0.1) is 0 Å². The van der Waals surface area contributed by atoms with E-state index < -0.39 is 23.4 Å². The topological polar surface area (TPSA) is 158 Å². The molecule has 4 rings (SSSR count). The monoisotopic (exact) mass is 320 g/mol. The van der Waals surface area contributed by atoms with Gasteiger partial charge in [-0.05, 0) is 6.92 Å². The van der Waals surface area contributed by atoms with Crippen molar-refractivity contribution in [3.05, 3.63) is 22.5 Å². The standard InChI is InChI=1S/C14H16N4O5/c1-4-9(15)12(21)8-5(2-7(19)23-16)14(22)13-6(17-13)3-18(14)10(8)11(4)20/h5-6,13,17,22H,2-3,15-16H2,1H3/t5-,6+,13+,14-/m1/s1. The van der Waals surface area contributed by atoms with E-state index in [1.807, 2.05) is 0 Å². The summed E-state index contributed by atoms with van der Waals surface area (Å²) in [6, 6.07) is -0.289. The Balaban J connectivity index is 1.86. The van der Waals surface area contributed by atoms with Gasteiger partial charge < -0.3 is 25.9 Å². The van der Waals surface area contributed by atoms with Gasteiger partial charge in [0.1, 0.15) is 0 Å². The van der Waals surface area contributed by atoms with Crippen LogP contribution < -0.4 is 16.9 Å². The lowest BCUT2D eigenvalue weighted by molar-refractivity contribution is -0.151. The first kappa shape index (κ1) is 14.4. The molecule has 0 amide bonds. The average Bonchev–Trinajstić information content (AvgIpc) is 3.19. The highest BCUT2D eigenvalue weighted by Crippen LogP contribution is 2.54. The molecule has 6 N–H and O–H groups in total. The van der Waals surface area contributed by atoms with Crippen molar-refractivity contribution < 1.29 is 24.3 Å². The highest BCUT2D eigenvalue weighted by Gasteiger charge is 2.71. The first-order chi connectivity index (χ1) is 10.8. The zero-order valence-corrected chi connectivity index (χ0v) is 12.3. The second kappa shape index (κ2) is 4.19. The van der Waals surface area contributed by atoms with Crippen LogP contribution in [0.25, 0.3) is 0 Å². The molecule has 2 saturated heterocycles. The minimum absolute atomic E-state index is 0.0249. The van der Waals surface area contributed by atoms with Gasteiger partial charge in [0.2, 0.25) is 11.6 Å². The lowest BCUT2D eigenvalue weighted by Gasteiger charge is -2.36. The van der Waals surface area contributed by atoms with Gasteiger partial charge in [-0.25, -0.2) is 0 Å². The normalized spacial score (nSPS) is 37.9. The number of ketones is 2. The molecule has 2 fully saturated rings. The maximum absolute atomic E-state index is 12.6. The van der Waals surface area contributed by atoms with E-state index in [0.29, 0.717) is 6.54 Å². The molecule has 0 saturated carbocycles. The molecule has 0 aromatic rings. The van der Waals surface area contributed by atoms with E-state index in [9.17, 15) is 19.5 Å². The number of carbonyl (C=O) groups excluding carboxylic acids is 3. The summed E-state index contributed by atoms with van der Waals surface area (Å²) in [6.07, 6.45) is -0.307. The van der Waals surface area contributed by atoms with Gasteiger partial charge in [0.25, 0.3) is 0 Å². The molecule has 23 heavy (non-hydrogen) atoms. The van der Waals surface area contributed by atoms with Crippen molar-refractivity contribution in [1.82, 2.24) is 10.2 Å². The fraction of sp³-hybridized carbons (Fsp3) is 0.500. The summed E-state index contributed by atoms with van der Waals surface area (Å²) in [7, 11) is 0. The number of hydrogen-bond acceptors (Lipinski definition) is 9. The van der Waals surface area contributed by atoms with Crippen molar-refractivity contribution >= 4 is 17.5 Å². The highest BCUT2D eigenvalue weighted by atomic mass is 16.7. The number of carbonyl (C=O) groups is 3. The summed E-state index contributed by atoms with van der Waals surface area (Å²) >= 11 is 0. The van der Waals surface area contributed by atoms with Crippen LogP contribution in [-0.2, 0) is 19.2 Å². The molecule has 9 nitrogen and oxygen atoms in total. The Morgan fingerprint density at radius 1 is 1.48 bits per heavy atom. The second-order valence-electron chi connectivity index (χ2n) is 6.35. The van der Waals surface area contributed by atoms with Crippen LogP contribution in [0.15, 0.2) is 22.5 Å². The summed E-state index contributed by atoms with van der Waals surface area (Å²) in [6.45, 7) is 1.87. The number of aliphatic hydroxyl groups is 1. The van der Waals surface area contributed by atoms with E-state index in [0.717, 1.165) is 0 Å². The zero-order valence-electron chi connectivity index (χ0n) is 12.3. The van der Waals surface area contributed by atoms with E-state index in [1.165, 1.54) is 11.8 Å². The molecule has 3 aliphatic heterocycles. The second-order valence-corrected chi connectivity index (χ2v) is 6.35. The first-order valence-electron chi connectivity index (χ1n) is 7.27. The van der Waals surface area contributed by atoms with E-state index in [2.05, 4.69) is 10.2 Å². The Kier molecular flexibility index (Phi) is 2.62. The van der Waals surface area contributed by atoms with Crippen molar-refractivity contribution in [2.45, 2.75) is 31.2 Å². The van der Waals surface area contributed by atoms with Crippen LogP contribution in [0.5, 0.6) is 0 Å². The zero-order chi connectivity index (χ0) is 16.7. The minimum Gasteiger partial charge on any atom is -0.395 e. The van der Waals surface area contributed by atoms with E-state index >= 15 is 0 Å². The lowest BCUT2D eigenvalue weighted by atomic mass is 9.80. The third-order valence-electron chi connectivity index (χ3n) is 5.29. The number of nitrogens with one attached hydrogen (secondary N) is 1. The molecule has 9 heteroatoms. The highest BCUT2D eigenvalue weighted by molar-refractivity contribution is 6.25. The molecule has 0 spiro atoms. The molecule has 4 aliphatic rings. The predicted octanol–water partition coefficient (Wildman–Crippen LogP) is -2.59. The maximum atomic E-state index is 12.6. The van der Waals surface area contributed by atoms with Crippen LogP contribution >= 0.6 is 0 Å². The van der Waals surface area contributed by atoms with Crippen LogP contribution in [0.4, 0.5) is 0 Å². The van der Waals surface area contributed by atoms with Crippen LogP contribution in [0.2, 0.25) is 0 Å². The van der Waals surface area contributed by atoms with E-state index in [4.69, 9.17) is 11.6 Å². The average molecular weight is 320 g/mol. The summed E-state index contributed by atoms with van der Waals surface area (Å²) in [5.74, 6) is 2.30. The molecule has 122 valence electrons. The molecule has 0 aromatic heterocycles. The first-order valence-corrected chi connectivity index (χ1v) is 7.27. The molecular formula is C14H16N4O5. The number of rotatable bonds is 2. The van der Waals surface area contributed by atoms with Crippen molar-refractivity contribution in [3.8, 4) is 0 Å². The van der Waals surface area contributed by atoms with Crippen LogP contribution in [-0.4, -0.2) is 51.9 Å². The number of piperazine rings is 1. The van der Waals surface area contributed by atoms with Gasteiger partial charge in [-0.3, -0.25) is 14.4 Å². The molecule has 1 aliphatic carbocycles. The number of Topliss-reactive ketones (excluding diaryl/α,β-unsaturated/α-hetero) is 2. The molecule has 0 bridgehead atoms. The summed E-state index contributed by atoms with van der Waals surface area (Å²) < 4.78 is 0. The lowest BCUT2D eigenvalue weighted by Crippen LogP contribution is -2.53. The van der Waals surface area contributed by atoms with Gasteiger partial charge in [0.15, 0.2) is 5.72 Å². The van der Waals surface area contributed by atoms with Crippen molar-refractivity contribution in [2.75, 3.05) is 6.54 Å². The predicted molar refractivity (Wildman–Crippen MR) is 74.7 cm³/mol. The number of nitrogens with two attached hydrogens (primary N) is 2. The fourth-order valence-corrected chi connectivity index (χ4v) is 4.05. The Hall–Kier alpha value is -2.23. The third-order valence-corrected chi connectivity index (χ3v) is 5.29.